The third-order valence-electron chi connectivity index (χ3n) is 3.14. The second-order valence-electron chi connectivity index (χ2n) is 5.07. The first kappa shape index (κ1) is 17.1. The predicted octanol–water partition coefficient (Wildman–Crippen LogP) is -2.40. The maximum Gasteiger partial charge on any atom is 0.317 e. The summed E-state index contributed by atoms with van der Waals surface area (Å²) in [5.74, 6) is -2.39. The summed E-state index contributed by atoms with van der Waals surface area (Å²) < 4.78 is 0. The van der Waals surface area contributed by atoms with E-state index in [0.29, 0.717) is 13.1 Å². The Hall–Kier alpha value is -2.00. The van der Waals surface area contributed by atoms with Gasteiger partial charge in [-0.1, -0.05) is 0 Å². The van der Waals surface area contributed by atoms with Gasteiger partial charge in [0.15, 0.2) is 0 Å². The second-order valence-corrected chi connectivity index (χ2v) is 5.07. The highest BCUT2D eigenvalue weighted by atomic mass is 16.4. The highest BCUT2D eigenvalue weighted by molar-refractivity contribution is 5.96. The van der Waals surface area contributed by atoms with Gasteiger partial charge in [-0.15, -0.1) is 0 Å². The summed E-state index contributed by atoms with van der Waals surface area (Å²) in [6, 6.07) is -0.297. The number of imide groups is 1. The fourth-order valence-electron chi connectivity index (χ4n) is 2.19. The lowest BCUT2D eigenvalue weighted by Gasteiger charge is -2.30. The van der Waals surface area contributed by atoms with Crippen molar-refractivity contribution in [2.24, 2.45) is 5.73 Å². The van der Waals surface area contributed by atoms with Gasteiger partial charge in [0, 0.05) is 25.6 Å². The van der Waals surface area contributed by atoms with Crippen molar-refractivity contribution >= 4 is 23.7 Å². The highest BCUT2D eigenvalue weighted by Crippen LogP contribution is 2.05. The molecule has 0 saturated carbocycles. The number of aliphatic carboxylic acids is 1. The molecule has 1 aliphatic heterocycles. The van der Waals surface area contributed by atoms with Gasteiger partial charge in [-0.2, -0.15) is 0 Å². The van der Waals surface area contributed by atoms with E-state index in [4.69, 9.17) is 10.8 Å². The van der Waals surface area contributed by atoms with E-state index in [1.807, 2.05) is 0 Å². The van der Waals surface area contributed by atoms with Gasteiger partial charge in [-0.05, 0) is 6.92 Å². The Labute approximate surface area is 122 Å². The van der Waals surface area contributed by atoms with Crippen molar-refractivity contribution in [1.29, 1.82) is 0 Å². The summed E-state index contributed by atoms with van der Waals surface area (Å²) in [6.07, 6.45) is 0.202. The van der Waals surface area contributed by atoms with Crippen LogP contribution in [0.4, 0.5) is 0 Å². The van der Waals surface area contributed by atoms with Crippen molar-refractivity contribution in [3.05, 3.63) is 0 Å². The molecule has 0 aromatic rings. The molecule has 0 spiro atoms. The van der Waals surface area contributed by atoms with Gasteiger partial charge in [0.05, 0.1) is 19.6 Å². The lowest BCUT2D eigenvalue weighted by molar-refractivity contribution is -0.139. The summed E-state index contributed by atoms with van der Waals surface area (Å²) in [6.45, 7) is 2.08. The van der Waals surface area contributed by atoms with Crippen LogP contribution in [0.5, 0.6) is 0 Å². The molecule has 1 rings (SSSR count). The summed E-state index contributed by atoms with van der Waals surface area (Å²) in [4.78, 5) is 47.7. The third-order valence-corrected chi connectivity index (χ3v) is 3.14. The van der Waals surface area contributed by atoms with Crippen molar-refractivity contribution in [3.8, 4) is 0 Å². The number of carboxylic acids is 1. The van der Waals surface area contributed by atoms with Gasteiger partial charge < -0.3 is 10.8 Å². The van der Waals surface area contributed by atoms with Crippen LogP contribution in [0.3, 0.4) is 0 Å². The van der Waals surface area contributed by atoms with Crippen molar-refractivity contribution in [3.63, 3.8) is 0 Å². The van der Waals surface area contributed by atoms with Crippen LogP contribution in [-0.4, -0.2) is 77.4 Å². The minimum absolute atomic E-state index is 0.0631. The average molecular weight is 300 g/mol. The van der Waals surface area contributed by atoms with Gasteiger partial charge in [0.25, 0.3) is 0 Å². The van der Waals surface area contributed by atoms with E-state index in [1.54, 1.807) is 11.8 Å². The number of carbonyl (C=O) groups is 4. The number of amides is 3. The molecule has 1 saturated heterocycles. The molecule has 1 atom stereocenters. The van der Waals surface area contributed by atoms with E-state index in [2.05, 4.69) is 5.32 Å². The SMILES string of the molecule is C[C@@H](CN1CCC(=O)NC(=O)C1)N(CC(N)=O)CC(=O)O. The average Bonchev–Trinajstić information content (AvgIpc) is 2.48. The minimum atomic E-state index is -1.06. The Morgan fingerprint density at radius 2 is 2.05 bits per heavy atom. The molecule has 9 nitrogen and oxygen atoms in total. The third kappa shape index (κ3) is 6.32. The normalized spacial score (nSPS) is 18.2. The van der Waals surface area contributed by atoms with Gasteiger partial charge >= 0.3 is 5.97 Å². The van der Waals surface area contributed by atoms with Crippen molar-refractivity contribution in [2.45, 2.75) is 19.4 Å². The Kier molecular flexibility index (Phi) is 6.25. The molecule has 0 aliphatic carbocycles. The maximum absolute atomic E-state index is 11.5. The van der Waals surface area contributed by atoms with E-state index < -0.39 is 11.9 Å². The molecule has 0 aromatic carbocycles. The van der Waals surface area contributed by atoms with Crippen LogP contribution >= 0.6 is 0 Å². The van der Waals surface area contributed by atoms with Crippen molar-refractivity contribution in [1.82, 2.24) is 15.1 Å². The van der Waals surface area contributed by atoms with Crippen LogP contribution in [0.1, 0.15) is 13.3 Å². The molecule has 4 N–H and O–H groups in total. The molecular weight excluding hydrogens is 280 g/mol. The summed E-state index contributed by atoms with van der Waals surface area (Å²) in [5.41, 5.74) is 5.11. The van der Waals surface area contributed by atoms with Crippen LogP contribution in [0, 0.1) is 0 Å². The summed E-state index contributed by atoms with van der Waals surface area (Å²) >= 11 is 0. The number of primary amides is 1. The standard InChI is InChI=1S/C12H20N4O5/c1-8(16(5-9(13)17)7-12(20)21)4-15-3-2-10(18)14-11(19)6-15/h8H,2-7H2,1H3,(H2,13,17)(H,20,21)(H,14,18,19)/t8-/m0/s1. The maximum atomic E-state index is 11.5. The zero-order chi connectivity index (χ0) is 16.0. The Morgan fingerprint density at radius 1 is 1.38 bits per heavy atom. The smallest absolute Gasteiger partial charge is 0.317 e. The molecule has 9 heteroatoms. The van der Waals surface area contributed by atoms with E-state index in [0.717, 1.165) is 0 Å². The quantitative estimate of drug-likeness (QED) is 0.446. The Balaban J connectivity index is 2.64. The van der Waals surface area contributed by atoms with Gasteiger partial charge in [0.1, 0.15) is 0 Å². The minimum Gasteiger partial charge on any atom is -0.480 e. The van der Waals surface area contributed by atoms with Crippen molar-refractivity contribution in [2.75, 3.05) is 32.7 Å². The van der Waals surface area contributed by atoms with Crippen LogP contribution < -0.4 is 11.1 Å². The van der Waals surface area contributed by atoms with Crippen LogP contribution in [0.15, 0.2) is 0 Å². The number of hydrogen-bond donors (Lipinski definition) is 3. The molecule has 0 unspecified atom stereocenters. The molecule has 1 heterocycles. The number of rotatable bonds is 7. The molecule has 0 bridgehead atoms. The van der Waals surface area contributed by atoms with Crippen LogP contribution in [0.25, 0.3) is 0 Å². The largest absolute Gasteiger partial charge is 0.480 e. The molecule has 118 valence electrons. The van der Waals surface area contributed by atoms with E-state index >= 15 is 0 Å². The molecule has 1 aliphatic rings. The second kappa shape index (κ2) is 7.70. The lowest BCUT2D eigenvalue weighted by atomic mass is 10.2. The molecule has 3 amide bonds. The first-order valence-electron chi connectivity index (χ1n) is 6.57. The van der Waals surface area contributed by atoms with Gasteiger partial charge in [-0.3, -0.25) is 34.3 Å². The Morgan fingerprint density at radius 3 is 2.62 bits per heavy atom. The molecule has 21 heavy (non-hydrogen) atoms. The number of hydrogen-bond acceptors (Lipinski definition) is 6. The monoisotopic (exact) mass is 300 g/mol. The number of carbonyl (C=O) groups excluding carboxylic acids is 3. The fourth-order valence-corrected chi connectivity index (χ4v) is 2.19. The fraction of sp³-hybridized carbons (Fsp3) is 0.667. The van der Waals surface area contributed by atoms with Crippen LogP contribution in [0.2, 0.25) is 0 Å². The first-order chi connectivity index (χ1) is 9.77. The zero-order valence-electron chi connectivity index (χ0n) is 11.9. The van der Waals surface area contributed by atoms with E-state index in [9.17, 15) is 19.2 Å². The molecular formula is C12H20N4O5. The van der Waals surface area contributed by atoms with Crippen LogP contribution in [-0.2, 0) is 19.2 Å². The van der Waals surface area contributed by atoms with E-state index in [1.165, 1.54) is 4.90 Å². The molecule has 1 fully saturated rings. The van der Waals surface area contributed by atoms with E-state index in [-0.39, 0.29) is 43.9 Å². The number of nitrogens with two attached hydrogens (primary N) is 1. The zero-order valence-corrected chi connectivity index (χ0v) is 11.9. The summed E-state index contributed by atoms with van der Waals surface area (Å²) in [7, 11) is 0. The lowest BCUT2D eigenvalue weighted by Crippen LogP contribution is -2.48. The van der Waals surface area contributed by atoms with Gasteiger partial charge in [-0.25, -0.2) is 0 Å². The number of nitrogens with one attached hydrogen (secondary N) is 1. The first-order valence-corrected chi connectivity index (χ1v) is 6.57. The Bertz CT molecular complexity index is 423. The summed E-state index contributed by atoms with van der Waals surface area (Å²) in [5, 5.41) is 11.1. The molecule has 0 radical (unpaired) electrons. The topological polar surface area (TPSA) is 133 Å². The predicted molar refractivity (Wildman–Crippen MR) is 72.1 cm³/mol. The number of nitrogens with zero attached hydrogens (tertiary/aromatic N) is 2. The van der Waals surface area contributed by atoms with Gasteiger partial charge in [0.2, 0.25) is 17.7 Å². The van der Waals surface area contributed by atoms with Crippen molar-refractivity contribution < 1.29 is 24.3 Å². The highest BCUT2D eigenvalue weighted by Gasteiger charge is 2.24. The molecule has 0 aromatic heterocycles. The number of carboxylic acid groups (broad SMARTS) is 1.